The van der Waals surface area contributed by atoms with E-state index in [1.807, 2.05) is 0 Å². The lowest BCUT2D eigenvalue weighted by Crippen LogP contribution is -2.25. The average molecular weight is 206 g/mol. The van der Waals surface area contributed by atoms with Crippen molar-refractivity contribution in [3.8, 4) is 0 Å². The van der Waals surface area contributed by atoms with Crippen molar-refractivity contribution in [2.45, 2.75) is 6.42 Å². The Morgan fingerprint density at radius 2 is 2.08 bits per heavy atom. The molecule has 0 saturated carbocycles. The molecule has 0 fully saturated rings. The summed E-state index contributed by atoms with van der Waals surface area (Å²) in [6.45, 7) is 0. The maximum atomic E-state index is 13.0. The van der Waals surface area contributed by atoms with Crippen LogP contribution >= 0.6 is 11.6 Å². The summed E-state index contributed by atoms with van der Waals surface area (Å²) in [6, 6.07) is 1.93. The topological polar surface area (TPSA) is 40.1 Å². The molecular weight excluding hydrogens is 202 g/mol. The Hall–Kier alpha value is -1.16. The molecule has 0 heterocycles. The standard InChI is InChI=1S/C8H5ClF2O2/c9-5-1-2-6(10)4(8(5)11)3-7(12)13/h1-2H,3H2,(H,12,13)/p-1. The zero-order chi connectivity index (χ0) is 10.0. The average Bonchev–Trinajstić information content (AvgIpc) is 2.05. The van der Waals surface area contributed by atoms with Crippen LogP contribution in [0.5, 0.6) is 0 Å². The minimum absolute atomic E-state index is 0.308. The van der Waals surface area contributed by atoms with Gasteiger partial charge in [-0.15, -0.1) is 0 Å². The van der Waals surface area contributed by atoms with Crippen molar-refractivity contribution in [1.82, 2.24) is 0 Å². The maximum absolute atomic E-state index is 13.0. The van der Waals surface area contributed by atoms with Crippen molar-refractivity contribution < 1.29 is 18.7 Å². The predicted molar refractivity (Wildman–Crippen MR) is 40.1 cm³/mol. The number of benzene rings is 1. The largest absolute Gasteiger partial charge is 0.550 e. The Balaban J connectivity index is 3.17. The van der Waals surface area contributed by atoms with Gasteiger partial charge in [0.2, 0.25) is 0 Å². The van der Waals surface area contributed by atoms with E-state index in [-0.39, 0.29) is 5.02 Å². The molecule has 0 amide bonds. The number of hydrogen-bond donors (Lipinski definition) is 0. The van der Waals surface area contributed by atoms with Crippen molar-refractivity contribution in [3.05, 3.63) is 34.4 Å². The van der Waals surface area contributed by atoms with Crippen LogP contribution < -0.4 is 5.11 Å². The van der Waals surface area contributed by atoms with Crippen LogP contribution in [0.15, 0.2) is 12.1 Å². The van der Waals surface area contributed by atoms with Crippen molar-refractivity contribution in [1.29, 1.82) is 0 Å². The SMILES string of the molecule is O=C([O-])Cc1c(F)ccc(Cl)c1F. The van der Waals surface area contributed by atoms with Gasteiger partial charge in [-0.3, -0.25) is 0 Å². The molecule has 1 rings (SSSR count). The van der Waals surface area contributed by atoms with E-state index in [1.54, 1.807) is 0 Å². The minimum Gasteiger partial charge on any atom is -0.550 e. The molecule has 70 valence electrons. The van der Waals surface area contributed by atoms with Crippen molar-refractivity contribution in [2.75, 3.05) is 0 Å². The fraction of sp³-hybridized carbons (Fsp3) is 0.125. The first kappa shape index (κ1) is 9.92. The second kappa shape index (κ2) is 3.70. The zero-order valence-electron chi connectivity index (χ0n) is 6.31. The van der Waals surface area contributed by atoms with Crippen LogP contribution in [0.25, 0.3) is 0 Å². The Morgan fingerprint density at radius 3 is 2.62 bits per heavy atom. The highest BCUT2D eigenvalue weighted by Crippen LogP contribution is 2.21. The Labute approximate surface area is 77.8 Å². The Kier molecular flexibility index (Phi) is 2.83. The second-order valence-electron chi connectivity index (χ2n) is 2.37. The number of hydrogen-bond acceptors (Lipinski definition) is 2. The molecule has 13 heavy (non-hydrogen) atoms. The second-order valence-corrected chi connectivity index (χ2v) is 2.78. The number of carbonyl (C=O) groups excluding carboxylic acids is 1. The molecule has 0 aliphatic carbocycles. The lowest BCUT2D eigenvalue weighted by molar-refractivity contribution is -0.304. The van der Waals surface area contributed by atoms with E-state index in [0.29, 0.717) is 0 Å². The van der Waals surface area contributed by atoms with Crippen molar-refractivity contribution in [3.63, 3.8) is 0 Å². The van der Waals surface area contributed by atoms with Crippen LogP contribution in [0.1, 0.15) is 5.56 Å². The van der Waals surface area contributed by atoms with E-state index in [0.717, 1.165) is 12.1 Å². The third-order valence-electron chi connectivity index (χ3n) is 1.46. The van der Waals surface area contributed by atoms with Crippen LogP contribution in [0.2, 0.25) is 5.02 Å². The van der Waals surface area contributed by atoms with Crippen LogP contribution in [0.3, 0.4) is 0 Å². The molecule has 5 heteroatoms. The zero-order valence-corrected chi connectivity index (χ0v) is 7.07. The highest BCUT2D eigenvalue weighted by molar-refractivity contribution is 6.30. The number of halogens is 3. The summed E-state index contributed by atoms with van der Waals surface area (Å²) >= 11 is 5.31. The van der Waals surface area contributed by atoms with Gasteiger partial charge in [-0.25, -0.2) is 8.78 Å². The highest BCUT2D eigenvalue weighted by atomic mass is 35.5. The number of carboxylic acid groups (broad SMARTS) is 1. The maximum Gasteiger partial charge on any atom is 0.148 e. The summed E-state index contributed by atoms with van der Waals surface area (Å²) in [7, 11) is 0. The molecule has 0 aromatic heterocycles. The normalized spacial score (nSPS) is 10.1. The minimum atomic E-state index is -1.56. The first-order valence-corrected chi connectivity index (χ1v) is 3.72. The van der Waals surface area contributed by atoms with Crippen LogP contribution in [-0.2, 0) is 11.2 Å². The van der Waals surface area contributed by atoms with E-state index in [9.17, 15) is 18.7 Å². The van der Waals surface area contributed by atoms with Gasteiger partial charge in [0.15, 0.2) is 0 Å². The summed E-state index contributed by atoms with van der Waals surface area (Å²) in [4.78, 5) is 10.1. The van der Waals surface area contributed by atoms with Crippen molar-refractivity contribution >= 4 is 17.6 Å². The molecule has 0 spiro atoms. The third-order valence-corrected chi connectivity index (χ3v) is 1.75. The molecule has 0 saturated heterocycles. The quantitative estimate of drug-likeness (QED) is 0.674. The smallest absolute Gasteiger partial charge is 0.148 e. The number of rotatable bonds is 2. The van der Waals surface area contributed by atoms with Crippen LogP contribution in [0, 0.1) is 11.6 Å². The van der Waals surface area contributed by atoms with Crippen molar-refractivity contribution in [2.24, 2.45) is 0 Å². The van der Waals surface area contributed by atoms with Crippen LogP contribution in [-0.4, -0.2) is 5.97 Å². The molecule has 0 radical (unpaired) electrons. The number of carbonyl (C=O) groups is 1. The fourth-order valence-electron chi connectivity index (χ4n) is 0.875. The monoisotopic (exact) mass is 205 g/mol. The van der Waals surface area contributed by atoms with E-state index in [2.05, 4.69) is 0 Å². The van der Waals surface area contributed by atoms with Gasteiger partial charge in [0.25, 0.3) is 0 Å². The summed E-state index contributed by atoms with van der Waals surface area (Å²) in [5, 5.41) is 9.79. The molecular formula is C8H4ClF2O2-. The van der Waals surface area contributed by atoms with Gasteiger partial charge in [0.1, 0.15) is 11.6 Å². The van der Waals surface area contributed by atoms with Gasteiger partial charge in [-0.05, 0) is 12.1 Å². The molecule has 1 aromatic rings. The van der Waals surface area contributed by atoms with Gasteiger partial charge in [0.05, 0.1) is 5.02 Å². The van der Waals surface area contributed by atoms with Gasteiger partial charge in [0, 0.05) is 18.0 Å². The lowest BCUT2D eigenvalue weighted by Gasteiger charge is -2.06. The van der Waals surface area contributed by atoms with Crippen LogP contribution in [0.4, 0.5) is 8.78 Å². The summed E-state index contributed by atoms with van der Waals surface area (Å²) in [5.41, 5.74) is -0.576. The first-order chi connectivity index (χ1) is 6.02. The molecule has 0 unspecified atom stereocenters. The summed E-state index contributed by atoms with van der Waals surface area (Å²) in [5.74, 6) is -3.54. The molecule has 0 aliphatic rings. The van der Waals surface area contributed by atoms with E-state index < -0.39 is 29.6 Å². The predicted octanol–water partition coefficient (Wildman–Crippen LogP) is 0.911. The fourth-order valence-corrected chi connectivity index (χ4v) is 1.05. The molecule has 0 bridgehead atoms. The number of carboxylic acids is 1. The Morgan fingerprint density at radius 1 is 1.46 bits per heavy atom. The van der Waals surface area contributed by atoms with E-state index in [4.69, 9.17) is 11.6 Å². The summed E-state index contributed by atoms with van der Waals surface area (Å²) in [6.07, 6.45) is -0.821. The Bertz CT molecular complexity index is 352. The first-order valence-electron chi connectivity index (χ1n) is 3.34. The molecule has 0 N–H and O–H groups in total. The number of aliphatic carboxylic acids is 1. The lowest BCUT2D eigenvalue weighted by atomic mass is 10.1. The van der Waals surface area contributed by atoms with E-state index in [1.165, 1.54) is 0 Å². The summed E-state index contributed by atoms with van der Waals surface area (Å²) < 4.78 is 25.8. The van der Waals surface area contributed by atoms with Gasteiger partial charge < -0.3 is 9.90 Å². The molecule has 1 aromatic carbocycles. The van der Waals surface area contributed by atoms with Gasteiger partial charge >= 0.3 is 0 Å². The van der Waals surface area contributed by atoms with E-state index >= 15 is 0 Å². The van der Waals surface area contributed by atoms with Gasteiger partial charge in [-0.2, -0.15) is 0 Å². The molecule has 2 nitrogen and oxygen atoms in total. The third kappa shape index (κ3) is 2.15. The molecule has 0 atom stereocenters. The highest BCUT2D eigenvalue weighted by Gasteiger charge is 2.12. The molecule has 0 aliphatic heterocycles. The van der Waals surface area contributed by atoms with Gasteiger partial charge in [-0.1, -0.05) is 11.6 Å².